The predicted octanol–water partition coefficient (Wildman–Crippen LogP) is 0.525. The maximum Gasteiger partial charge on any atom is 0.176 e. The second-order valence-electron chi connectivity index (χ2n) is 5.20. The number of benzene rings is 1. The van der Waals surface area contributed by atoms with E-state index < -0.39 is 0 Å². The Labute approximate surface area is 107 Å². The monoisotopic (exact) mass is 245 g/mol. The van der Waals surface area contributed by atoms with Crippen molar-refractivity contribution < 1.29 is 4.79 Å². The fourth-order valence-corrected chi connectivity index (χ4v) is 3.25. The lowest BCUT2D eigenvalue weighted by molar-refractivity contribution is -0.123. The van der Waals surface area contributed by atoms with E-state index in [2.05, 4.69) is 22.3 Å². The van der Waals surface area contributed by atoms with Crippen LogP contribution >= 0.6 is 0 Å². The largest absolute Gasteiger partial charge is 0.357 e. The van der Waals surface area contributed by atoms with Crippen LogP contribution in [0.5, 0.6) is 0 Å². The first-order valence-corrected chi connectivity index (χ1v) is 6.57. The van der Waals surface area contributed by atoms with Gasteiger partial charge in [-0.2, -0.15) is 0 Å². The van der Waals surface area contributed by atoms with E-state index in [1.807, 2.05) is 18.2 Å². The third-order valence-corrected chi connectivity index (χ3v) is 4.19. The Hall–Kier alpha value is -1.39. The maximum absolute atomic E-state index is 12.5. The first kappa shape index (κ1) is 11.7. The molecule has 0 saturated carbocycles. The highest BCUT2D eigenvalue weighted by atomic mass is 16.1. The molecule has 0 aromatic heterocycles. The van der Waals surface area contributed by atoms with Crippen LogP contribution in [0.2, 0.25) is 0 Å². The predicted molar refractivity (Wildman–Crippen MR) is 71.6 cm³/mol. The Balaban J connectivity index is 1.99. The summed E-state index contributed by atoms with van der Waals surface area (Å²) in [5.74, 6) is 0.216. The summed E-state index contributed by atoms with van der Waals surface area (Å²) < 4.78 is 0. The Morgan fingerprint density at radius 3 is 2.56 bits per heavy atom. The molecule has 0 radical (unpaired) electrons. The molecule has 3 rings (SSSR count). The van der Waals surface area contributed by atoms with Crippen molar-refractivity contribution >= 4 is 11.5 Å². The van der Waals surface area contributed by atoms with Crippen molar-refractivity contribution in [2.75, 3.05) is 24.5 Å². The number of Topliss-reactive ketones (excluding diaryl/α,β-unsaturated/α-hetero) is 1. The molecule has 0 amide bonds. The molecule has 2 saturated heterocycles. The molecule has 3 N–H and O–H groups in total. The van der Waals surface area contributed by atoms with Gasteiger partial charge in [0, 0.05) is 12.2 Å². The van der Waals surface area contributed by atoms with E-state index in [9.17, 15) is 4.79 Å². The van der Waals surface area contributed by atoms with Crippen molar-refractivity contribution in [3.05, 3.63) is 30.3 Å². The van der Waals surface area contributed by atoms with E-state index in [0.717, 1.165) is 31.6 Å². The maximum atomic E-state index is 12.5. The van der Waals surface area contributed by atoms with E-state index in [1.54, 1.807) is 0 Å². The molecule has 1 atom stereocenters. The minimum absolute atomic E-state index is 0.216. The summed E-state index contributed by atoms with van der Waals surface area (Å²) in [4.78, 5) is 14.7. The van der Waals surface area contributed by atoms with Crippen LogP contribution in [0.3, 0.4) is 0 Å². The zero-order valence-corrected chi connectivity index (χ0v) is 10.4. The van der Waals surface area contributed by atoms with Crippen LogP contribution in [-0.4, -0.2) is 37.0 Å². The van der Waals surface area contributed by atoms with Gasteiger partial charge in [-0.05, 0) is 38.1 Å². The van der Waals surface area contributed by atoms with Gasteiger partial charge in [0.05, 0.1) is 6.04 Å². The minimum atomic E-state index is -0.369. The Morgan fingerprint density at radius 2 is 1.89 bits per heavy atom. The van der Waals surface area contributed by atoms with Crippen molar-refractivity contribution in [2.45, 2.75) is 24.4 Å². The van der Waals surface area contributed by atoms with Crippen LogP contribution in [0.15, 0.2) is 30.3 Å². The molecule has 18 heavy (non-hydrogen) atoms. The quantitative estimate of drug-likeness (QED) is 0.757. The van der Waals surface area contributed by atoms with Gasteiger partial charge < -0.3 is 16.0 Å². The number of anilines is 1. The van der Waals surface area contributed by atoms with Gasteiger partial charge >= 0.3 is 0 Å². The smallest absolute Gasteiger partial charge is 0.176 e. The van der Waals surface area contributed by atoms with Crippen LogP contribution < -0.4 is 16.0 Å². The zero-order valence-electron chi connectivity index (χ0n) is 10.4. The summed E-state index contributed by atoms with van der Waals surface area (Å²) in [7, 11) is 0. The van der Waals surface area contributed by atoms with Crippen LogP contribution in [0.4, 0.5) is 5.69 Å². The average molecular weight is 245 g/mol. The van der Waals surface area contributed by atoms with Gasteiger partial charge in [0.25, 0.3) is 0 Å². The molecule has 2 fully saturated rings. The molecule has 2 aliphatic rings. The van der Waals surface area contributed by atoms with Crippen LogP contribution in [-0.2, 0) is 4.79 Å². The van der Waals surface area contributed by atoms with Crippen molar-refractivity contribution in [1.82, 2.24) is 5.32 Å². The number of piperidine rings is 1. The van der Waals surface area contributed by atoms with Gasteiger partial charge in [0.1, 0.15) is 5.54 Å². The highest BCUT2D eigenvalue weighted by Gasteiger charge is 2.52. The lowest BCUT2D eigenvalue weighted by Gasteiger charge is -2.41. The average Bonchev–Trinajstić information content (AvgIpc) is 2.66. The number of hydrogen-bond acceptors (Lipinski definition) is 4. The molecule has 1 aromatic rings. The first-order chi connectivity index (χ1) is 8.74. The third-order valence-electron chi connectivity index (χ3n) is 4.19. The molecule has 1 aromatic carbocycles. The van der Waals surface area contributed by atoms with Crippen molar-refractivity contribution in [3.63, 3.8) is 0 Å². The molecule has 4 heteroatoms. The summed E-state index contributed by atoms with van der Waals surface area (Å²) in [6.45, 7) is 2.42. The summed E-state index contributed by atoms with van der Waals surface area (Å²) in [5.41, 5.74) is 6.74. The lowest BCUT2D eigenvalue weighted by atomic mass is 9.83. The Bertz CT molecular complexity index is 440. The molecule has 2 aliphatic heterocycles. The molecule has 0 bridgehead atoms. The third kappa shape index (κ3) is 1.64. The van der Waals surface area contributed by atoms with Crippen molar-refractivity contribution in [1.29, 1.82) is 0 Å². The zero-order chi connectivity index (χ0) is 12.6. The normalized spacial score (nSPS) is 26.8. The van der Waals surface area contributed by atoms with E-state index >= 15 is 0 Å². The second kappa shape index (κ2) is 4.37. The molecule has 2 heterocycles. The van der Waals surface area contributed by atoms with Crippen molar-refractivity contribution in [2.24, 2.45) is 5.73 Å². The van der Waals surface area contributed by atoms with E-state index in [4.69, 9.17) is 5.73 Å². The Morgan fingerprint density at radius 1 is 1.22 bits per heavy atom. The van der Waals surface area contributed by atoms with Crippen LogP contribution in [0.1, 0.15) is 12.8 Å². The fourth-order valence-electron chi connectivity index (χ4n) is 3.25. The first-order valence-electron chi connectivity index (χ1n) is 6.57. The highest BCUT2D eigenvalue weighted by molar-refractivity contribution is 5.99. The van der Waals surface area contributed by atoms with Gasteiger partial charge in [-0.25, -0.2) is 0 Å². The molecule has 0 aliphatic carbocycles. The topological polar surface area (TPSA) is 58.4 Å². The summed E-state index contributed by atoms with van der Waals surface area (Å²) in [5, 5.41) is 3.32. The van der Waals surface area contributed by atoms with Crippen LogP contribution in [0, 0.1) is 0 Å². The summed E-state index contributed by atoms with van der Waals surface area (Å²) in [6, 6.07) is 9.81. The molecule has 1 spiro atoms. The second-order valence-corrected chi connectivity index (χ2v) is 5.20. The number of nitrogens with two attached hydrogens (primary N) is 1. The van der Waals surface area contributed by atoms with Gasteiger partial charge in [-0.1, -0.05) is 18.2 Å². The number of carbonyl (C=O) groups excluding carboxylic acids is 1. The molecule has 96 valence electrons. The van der Waals surface area contributed by atoms with Crippen LogP contribution in [0.25, 0.3) is 0 Å². The van der Waals surface area contributed by atoms with E-state index in [0.29, 0.717) is 6.54 Å². The lowest BCUT2D eigenvalue weighted by Crippen LogP contribution is -2.55. The number of para-hydroxylation sites is 1. The summed E-state index contributed by atoms with van der Waals surface area (Å²) >= 11 is 0. The number of ketones is 1. The summed E-state index contributed by atoms with van der Waals surface area (Å²) in [6.07, 6.45) is 1.71. The number of carbonyl (C=O) groups is 1. The number of hydrogen-bond donors (Lipinski definition) is 2. The standard InChI is InChI=1S/C14H19N3O/c15-12-10-17(11-4-2-1-3-5-11)14(13(12)18)6-8-16-9-7-14/h1-5,12,16H,6-10,15H2. The minimum Gasteiger partial charge on any atom is -0.357 e. The fraction of sp³-hybridized carbons (Fsp3) is 0.500. The van der Waals surface area contributed by atoms with Gasteiger partial charge in [0.15, 0.2) is 5.78 Å². The molecular formula is C14H19N3O. The number of nitrogens with zero attached hydrogens (tertiary/aromatic N) is 1. The molecule has 4 nitrogen and oxygen atoms in total. The SMILES string of the molecule is NC1CN(c2ccccc2)C2(CCNCC2)C1=O. The van der Waals surface area contributed by atoms with Gasteiger partial charge in [0.2, 0.25) is 0 Å². The highest BCUT2D eigenvalue weighted by Crippen LogP contribution is 2.37. The van der Waals surface area contributed by atoms with E-state index in [-0.39, 0.29) is 17.4 Å². The number of nitrogens with one attached hydrogen (secondary N) is 1. The van der Waals surface area contributed by atoms with E-state index in [1.165, 1.54) is 0 Å². The van der Waals surface area contributed by atoms with Gasteiger partial charge in [-0.15, -0.1) is 0 Å². The molecular weight excluding hydrogens is 226 g/mol. The van der Waals surface area contributed by atoms with Crippen molar-refractivity contribution in [3.8, 4) is 0 Å². The molecule has 1 unspecified atom stereocenters. The number of rotatable bonds is 1. The Kier molecular flexibility index (Phi) is 2.84. The van der Waals surface area contributed by atoms with Gasteiger partial charge in [-0.3, -0.25) is 4.79 Å².